The maximum atomic E-state index is 4.47. The molecular weight excluding hydrogens is 270 g/mol. The van der Waals surface area contributed by atoms with E-state index in [4.69, 9.17) is 0 Å². The van der Waals surface area contributed by atoms with E-state index < -0.39 is 0 Å². The number of hydrogen-bond donors (Lipinski definition) is 0. The van der Waals surface area contributed by atoms with Crippen LogP contribution in [-0.2, 0) is 6.54 Å². The summed E-state index contributed by atoms with van der Waals surface area (Å²) in [5.41, 5.74) is 3.23. The summed E-state index contributed by atoms with van der Waals surface area (Å²) < 4.78 is 0. The van der Waals surface area contributed by atoms with Crippen LogP contribution in [0.25, 0.3) is 6.08 Å². The summed E-state index contributed by atoms with van der Waals surface area (Å²) in [5, 5.41) is 0. The van der Waals surface area contributed by atoms with Crippen molar-refractivity contribution in [1.82, 2.24) is 14.9 Å². The third kappa shape index (κ3) is 5.08. The second kappa shape index (κ2) is 8.44. The van der Waals surface area contributed by atoms with Gasteiger partial charge < -0.3 is 0 Å². The molecule has 2 rings (SSSR count). The van der Waals surface area contributed by atoms with Crippen molar-refractivity contribution in [3.8, 4) is 0 Å². The van der Waals surface area contributed by atoms with Gasteiger partial charge in [-0.3, -0.25) is 14.9 Å². The highest BCUT2D eigenvalue weighted by Crippen LogP contribution is 2.10. The molecule has 1 unspecified atom stereocenters. The third-order valence-electron chi connectivity index (χ3n) is 3.86. The second-order valence-electron chi connectivity index (χ2n) is 5.65. The van der Waals surface area contributed by atoms with Crippen LogP contribution >= 0.6 is 0 Å². The molecule has 3 nitrogen and oxygen atoms in total. The fourth-order valence-electron chi connectivity index (χ4n) is 2.26. The van der Waals surface area contributed by atoms with Gasteiger partial charge >= 0.3 is 0 Å². The van der Waals surface area contributed by atoms with Gasteiger partial charge in [-0.05, 0) is 25.8 Å². The van der Waals surface area contributed by atoms with E-state index in [1.54, 1.807) is 0 Å². The van der Waals surface area contributed by atoms with Crippen molar-refractivity contribution < 1.29 is 0 Å². The van der Waals surface area contributed by atoms with Crippen LogP contribution in [0.2, 0.25) is 0 Å². The van der Waals surface area contributed by atoms with E-state index in [1.807, 2.05) is 25.4 Å². The summed E-state index contributed by atoms with van der Waals surface area (Å²) >= 11 is 0. The molecule has 0 spiro atoms. The molecule has 0 radical (unpaired) electrons. The molecule has 0 aliphatic carbocycles. The third-order valence-corrected chi connectivity index (χ3v) is 3.86. The van der Waals surface area contributed by atoms with Gasteiger partial charge in [0.05, 0.1) is 11.4 Å². The summed E-state index contributed by atoms with van der Waals surface area (Å²) in [6, 6.07) is 10.9. The van der Waals surface area contributed by atoms with Crippen LogP contribution in [0.5, 0.6) is 0 Å². The fraction of sp³-hybridized carbons (Fsp3) is 0.368. The summed E-state index contributed by atoms with van der Waals surface area (Å²) in [4.78, 5) is 11.2. The summed E-state index contributed by atoms with van der Waals surface area (Å²) in [6.07, 6.45) is 9.24. The highest BCUT2D eigenvalue weighted by Gasteiger charge is 2.12. The quantitative estimate of drug-likeness (QED) is 0.770. The Bertz CT molecular complexity index is 575. The largest absolute Gasteiger partial charge is 0.291 e. The maximum absolute atomic E-state index is 4.47. The molecular formula is C19H25N3. The smallest absolute Gasteiger partial charge is 0.0727 e. The predicted octanol–water partition coefficient (Wildman–Crippen LogP) is 4.10. The van der Waals surface area contributed by atoms with Crippen molar-refractivity contribution in [3.63, 3.8) is 0 Å². The van der Waals surface area contributed by atoms with E-state index in [2.05, 4.69) is 65.1 Å². The molecule has 0 aliphatic rings. The molecule has 0 amide bonds. The second-order valence-corrected chi connectivity index (χ2v) is 5.65. The highest BCUT2D eigenvalue weighted by atomic mass is 15.2. The molecule has 116 valence electrons. The number of benzene rings is 1. The van der Waals surface area contributed by atoms with Crippen LogP contribution in [0.15, 0.2) is 48.8 Å². The lowest BCUT2D eigenvalue weighted by Crippen LogP contribution is -2.32. The monoisotopic (exact) mass is 295 g/mol. The van der Waals surface area contributed by atoms with Crippen molar-refractivity contribution >= 4 is 6.08 Å². The first-order valence-electron chi connectivity index (χ1n) is 7.92. The minimum absolute atomic E-state index is 0.517. The molecule has 1 heterocycles. The molecule has 0 saturated heterocycles. The molecule has 0 saturated carbocycles. The van der Waals surface area contributed by atoms with Gasteiger partial charge in [0.1, 0.15) is 0 Å². The van der Waals surface area contributed by atoms with Gasteiger partial charge in [0.25, 0.3) is 0 Å². The van der Waals surface area contributed by atoms with Crippen LogP contribution in [0.3, 0.4) is 0 Å². The van der Waals surface area contributed by atoms with Gasteiger partial charge in [-0.1, -0.05) is 49.4 Å². The van der Waals surface area contributed by atoms with Crippen molar-refractivity contribution in [2.24, 2.45) is 0 Å². The first-order chi connectivity index (χ1) is 10.7. The maximum Gasteiger partial charge on any atom is 0.0727 e. The Morgan fingerprint density at radius 1 is 1.14 bits per heavy atom. The fourth-order valence-corrected chi connectivity index (χ4v) is 2.26. The van der Waals surface area contributed by atoms with Crippen molar-refractivity contribution in [2.45, 2.75) is 39.8 Å². The first kappa shape index (κ1) is 16.4. The Morgan fingerprint density at radius 3 is 2.55 bits per heavy atom. The average molecular weight is 295 g/mol. The molecule has 0 aliphatic heterocycles. The molecule has 1 atom stereocenters. The lowest BCUT2D eigenvalue weighted by molar-refractivity contribution is 0.215. The summed E-state index contributed by atoms with van der Waals surface area (Å²) in [7, 11) is 0. The number of rotatable bonds is 7. The molecule has 22 heavy (non-hydrogen) atoms. The number of aryl methyl sites for hydroxylation is 1. The van der Waals surface area contributed by atoms with Crippen LogP contribution in [0.1, 0.15) is 37.2 Å². The van der Waals surface area contributed by atoms with Gasteiger partial charge in [-0.25, -0.2) is 0 Å². The van der Waals surface area contributed by atoms with E-state index in [-0.39, 0.29) is 0 Å². The number of aromatic nitrogens is 2. The van der Waals surface area contributed by atoms with Crippen LogP contribution < -0.4 is 0 Å². The van der Waals surface area contributed by atoms with E-state index in [9.17, 15) is 0 Å². The van der Waals surface area contributed by atoms with E-state index in [0.29, 0.717) is 6.04 Å². The zero-order chi connectivity index (χ0) is 15.8. The molecule has 1 aromatic heterocycles. The molecule has 0 fully saturated rings. The van der Waals surface area contributed by atoms with Crippen LogP contribution in [0, 0.1) is 6.92 Å². The lowest BCUT2D eigenvalue weighted by Gasteiger charge is -2.26. The topological polar surface area (TPSA) is 29.0 Å². The summed E-state index contributed by atoms with van der Waals surface area (Å²) in [6.45, 7) is 8.20. The van der Waals surface area contributed by atoms with Gasteiger partial charge in [-0.2, -0.15) is 0 Å². The molecule has 0 bridgehead atoms. The van der Waals surface area contributed by atoms with Gasteiger partial charge in [0.2, 0.25) is 0 Å². The van der Waals surface area contributed by atoms with Crippen molar-refractivity contribution in [2.75, 3.05) is 6.54 Å². The van der Waals surface area contributed by atoms with Crippen LogP contribution in [0.4, 0.5) is 0 Å². The average Bonchev–Trinajstić information content (AvgIpc) is 2.56. The lowest BCUT2D eigenvalue weighted by atomic mass is 10.2. The molecule has 1 aromatic carbocycles. The highest BCUT2D eigenvalue weighted by molar-refractivity contribution is 5.48. The normalized spacial score (nSPS) is 12.9. The van der Waals surface area contributed by atoms with Crippen LogP contribution in [-0.4, -0.2) is 27.5 Å². The van der Waals surface area contributed by atoms with Crippen molar-refractivity contribution in [1.29, 1.82) is 0 Å². The zero-order valence-corrected chi connectivity index (χ0v) is 13.7. The minimum Gasteiger partial charge on any atom is -0.291 e. The Morgan fingerprint density at radius 2 is 1.91 bits per heavy atom. The Balaban J connectivity index is 2.00. The van der Waals surface area contributed by atoms with E-state index >= 15 is 0 Å². The van der Waals surface area contributed by atoms with Gasteiger partial charge in [0.15, 0.2) is 0 Å². The Hall–Kier alpha value is -2.00. The SMILES string of the molecule is CCC(C)N(C/C=C/c1ccccc1)Cc1cnc(C)cn1. The first-order valence-corrected chi connectivity index (χ1v) is 7.92. The predicted molar refractivity (Wildman–Crippen MR) is 92.4 cm³/mol. The number of hydrogen-bond acceptors (Lipinski definition) is 3. The van der Waals surface area contributed by atoms with Crippen molar-refractivity contribution in [3.05, 3.63) is 65.8 Å². The Labute approximate surface area is 133 Å². The van der Waals surface area contributed by atoms with E-state index in [0.717, 1.165) is 30.9 Å². The van der Waals surface area contributed by atoms with Gasteiger partial charge in [0, 0.05) is 31.5 Å². The molecule has 3 heteroatoms. The zero-order valence-electron chi connectivity index (χ0n) is 13.7. The number of nitrogens with zero attached hydrogens (tertiary/aromatic N) is 3. The molecule has 2 aromatic rings. The standard InChI is InChI=1S/C19H25N3/c1-4-17(3)22(15-19-14-20-16(2)13-21-19)12-8-11-18-9-6-5-7-10-18/h5-11,13-14,17H,4,12,15H2,1-3H3/b11-8+. The summed E-state index contributed by atoms with van der Waals surface area (Å²) in [5.74, 6) is 0. The molecule has 0 N–H and O–H groups in total. The Kier molecular flexibility index (Phi) is 6.28. The van der Waals surface area contributed by atoms with E-state index in [1.165, 1.54) is 5.56 Å². The van der Waals surface area contributed by atoms with Gasteiger partial charge in [-0.15, -0.1) is 0 Å². The minimum atomic E-state index is 0.517.